The number of hydrogen-bond donors (Lipinski definition) is 2. The predicted octanol–water partition coefficient (Wildman–Crippen LogP) is 2.41. The Kier molecular flexibility index (Phi) is 6.10. The second-order valence-electron chi connectivity index (χ2n) is 6.96. The molecule has 0 saturated carbocycles. The lowest BCUT2D eigenvalue weighted by atomic mass is 10.1. The molecular weight excluding hydrogens is 314 g/mol. The number of aromatic nitrogens is 1. The number of aryl methyl sites for hydroxylation is 1. The number of aliphatic hydroxyl groups is 1. The molecule has 2 heterocycles. The van der Waals surface area contributed by atoms with Gasteiger partial charge in [0.1, 0.15) is 0 Å². The second-order valence-corrected chi connectivity index (χ2v) is 6.96. The lowest BCUT2D eigenvalue weighted by Gasteiger charge is -2.35. The third kappa shape index (κ3) is 4.61. The molecule has 1 fully saturated rings. The Hall–Kier alpha value is -1.85. The maximum absolute atomic E-state index is 12.4. The van der Waals surface area contributed by atoms with Crippen molar-refractivity contribution in [2.45, 2.75) is 38.7 Å². The topological polar surface area (TPSA) is 59.6 Å². The van der Waals surface area contributed by atoms with Gasteiger partial charge < -0.3 is 15.0 Å². The Balaban J connectivity index is 1.41. The van der Waals surface area contributed by atoms with Crippen LogP contribution in [0.1, 0.15) is 31.7 Å². The van der Waals surface area contributed by atoms with Crippen LogP contribution in [0.25, 0.3) is 10.9 Å². The minimum Gasteiger partial charge on any atom is -0.392 e. The largest absolute Gasteiger partial charge is 0.392 e. The van der Waals surface area contributed by atoms with Gasteiger partial charge in [-0.05, 0) is 30.9 Å². The smallest absolute Gasteiger partial charge is 0.222 e. The number of fused-ring (bicyclic) bond motifs is 1. The molecule has 1 amide bonds. The zero-order valence-electron chi connectivity index (χ0n) is 15.1. The van der Waals surface area contributed by atoms with Gasteiger partial charge in [0.25, 0.3) is 0 Å². The fourth-order valence-corrected chi connectivity index (χ4v) is 3.53. The summed E-state index contributed by atoms with van der Waals surface area (Å²) in [6.45, 7) is 6.01. The van der Waals surface area contributed by atoms with E-state index in [4.69, 9.17) is 0 Å². The van der Waals surface area contributed by atoms with Gasteiger partial charge in [0.2, 0.25) is 5.91 Å². The third-order valence-corrected chi connectivity index (χ3v) is 5.18. The minimum atomic E-state index is -0.251. The van der Waals surface area contributed by atoms with Gasteiger partial charge in [-0.15, -0.1) is 0 Å². The molecule has 0 radical (unpaired) electrons. The summed E-state index contributed by atoms with van der Waals surface area (Å²) in [6.07, 6.45) is 5.02. The number of para-hydroxylation sites is 1. The normalized spacial score (nSPS) is 17.1. The van der Waals surface area contributed by atoms with Crippen molar-refractivity contribution in [3.63, 3.8) is 0 Å². The Bertz CT molecular complexity index is 689. The number of hydrogen-bond acceptors (Lipinski definition) is 3. The first kappa shape index (κ1) is 18.0. The summed E-state index contributed by atoms with van der Waals surface area (Å²) >= 11 is 0. The Morgan fingerprint density at radius 3 is 2.76 bits per heavy atom. The van der Waals surface area contributed by atoms with Crippen LogP contribution in [0.3, 0.4) is 0 Å². The SMILES string of the molecule is CCC(O)CN1CCN(C(=O)CCCc2c[nH]c3ccccc23)CC1. The van der Waals surface area contributed by atoms with Gasteiger partial charge in [-0.2, -0.15) is 0 Å². The summed E-state index contributed by atoms with van der Waals surface area (Å²) in [5.74, 6) is 0.260. The number of β-amino-alcohol motifs (C(OH)–C–C–N with tert-alkyl or cyclic N) is 1. The third-order valence-electron chi connectivity index (χ3n) is 5.18. The molecular formula is C20H29N3O2. The molecule has 1 aromatic carbocycles. The molecule has 5 heteroatoms. The van der Waals surface area contributed by atoms with Gasteiger partial charge in [0.05, 0.1) is 6.10 Å². The molecule has 2 aromatic rings. The molecule has 1 aliphatic heterocycles. The van der Waals surface area contributed by atoms with E-state index >= 15 is 0 Å². The van der Waals surface area contributed by atoms with Crippen molar-refractivity contribution in [2.24, 2.45) is 0 Å². The van der Waals surface area contributed by atoms with Gasteiger partial charge in [-0.3, -0.25) is 9.69 Å². The molecule has 5 nitrogen and oxygen atoms in total. The molecule has 3 rings (SSSR count). The maximum Gasteiger partial charge on any atom is 0.222 e. The number of nitrogens with one attached hydrogen (secondary N) is 1. The van der Waals surface area contributed by atoms with Gasteiger partial charge in [0, 0.05) is 56.2 Å². The van der Waals surface area contributed by atoms with E-state index < -0.39 is 0 Å². The van der Waals surface area contributed by atoms with Crippen LogP contribution >= 0.6 is 0 Å². The van der Waals surface area contributed by atoms with Crippen molar-refractivity contribution in [1.29, 1.82) is 0 Å². The molecule has 2 N–H and O–H groups in total. The number of aromatic amines is 1. The van der Waals surface area contributed by atoms with Crippen molar-refractivity contribution < 1.29 is 9.90 Å². The molecule has 1 aliphatic rings. The van der Waals surface area contributed by atoms with Gasteiger partial charge in [-0.25, -0.2) is 0 Å². The van der Waals surface area contributed by atoms with E-state index in [0.717, 1.165) is 57.5 Å². The molecule has 1 saturated heterocycles. The van der Waals surface area contributed by atoms with Crippen LogP contribution in [0.4, 0.5) is 0 Å². The van der Waals surface area contributed by atoms with Crippen molar-refractivity contribution in [3.8, 4) is 0 Å². The molecule has 1 aromatic heterocycles. The van der Waals surface area contributed by atoms with Crippen LogP contribution in [0, 0.1) is 0 Å². The molecule has 1 unspecified atom stereocenters. The lowest BCUT2D eigenvalue weighted by molar-refractivity contribution is -0.133. The average Bonchev–Trinajstić information content (AvgIpc) is 3.05. The van der Waals surface area contributed by atoms with Gasteiger partial charge in [0.15, 0.2) is 0 Å². The average molecular weight is 343 g/mol. The summed E-state index contributed by atoms with van der Waals surface area (Å²) in [4.78, 5) is 19.9. The van der Waals surface area contributed by atoms with Crippen molar-refractivity contribution >= 4 is 16.8 Å². The van der Waals surface area contributed by atoms with Crippen molar-refractivity contribution in [1.82, 2.24) is 14.8 Å². The van der Waals surface area contributed by atoms with E-state index in [1.807, 2.05) is 17.9 Å². The van der Waals surface area contributed by atoms with E-state index in [-0.39, 0.29) is 12.0 Å². The summed E-state index contributed by atoms with van der Waals surface area (Å²) in [6, 6.07) is 8.30. The molecule has 1 atom stereocenters. The Morgan fingerprint density at radius 1 is 1.24 bits per heavy atom. The summed E-state index contributed by atoms with van der Waals surface area (Å²) in [5.41, 5.74) is 2.45. The zero-order chi connectivity index (χ0) is 17.6. The second kappa shape index (κ2) is 8.50. The van der Waals surface area contributed by atoms with E-state index in [1.165, 1.54) is 10.9 Å². The molecule has 25 heavy (non-hydrogen) atoms. The van der Waals surface area contributed by atoms with E-state index in [0.29, 0.717) is 6.42 Å². The molecule has 0 aliphatic carbocycles. The minimum absolute atomic E-state index is 0.251. The van der Waals surface area contributed by atoms with Crippen LogP contribution in [-0.4, -0.2) is 64.6 Å². The molecule has 136 valence electrons. The quantitative estimate of drug-likeness (QED) is 0.812. The number of rotatable bonds is 7. The highest BCUT2D eigenvalue weighted by atomic mass is 16.3. The number of H-pyrrole nitrogens is 1. The van der Waals surface area contributed by atoms with E-state index in [9.17, 15) is 9.90 Å². The molecule has 0 bridgehead atoms. The number of amides is 1. The van der Waals surface area contributed by atoms with Crippen LogP contribution in [0.2, 0.25) is 0 Å². The first-order valence-corrected chi connectivity index (χ1v) is 9.40. The van der Waals surface area contributed by atoms with Crippen LogP contribution in [-0.2, 0) is 11.2 Å². The lowest BCUT2D eigenvalue weighted by Crippen LogP contribution is -2.50. The number of piperazine rings is 1. The maximum atomic E-state index is 12.4. The van der Waals surface area contributed by atoms with Gasteiger partial charge >= 0.3 is 0 Å². The Morgan fingerprint density at radius 2 is 2.00 bits per heavy atom. The fraction of sp³-hybridized carbons (Fsp3) is 0.550. The summed E-state index contributed by atoms with van der Waals surface area (Å²) in [7, 11) is 0. The van der Waals surface area contributed by atoms with Crippen LogP contribution < -0.4 is 0 Å². The zero-order valence-corrected chi connectivity index (χ0v) is 15.1. The van der Waals surface area contributed by atoms with Crippen molar-refractivity contribution in [3.05, 3.63) is 36.0 Å². The van der Waals surface area contributed by atoms with E-state index in [2.05, 4.69) is 34.3 Å². The van der Waals surface area contributed by atoms with Crippen molar-refractivity contribution in [2.75, 3.05) is 32.7 Å². The number of nitrogens with zero attached hydrogens (tertiary/aromatic N) is 2. The van der Waals surface area contributed by atoms with E-state index in [1.54, 1.807) is 0 Å². The number of carbonyl (C=O) groups excluding carboxylic acids is 1. The van der Waals surface area contributed by atoms with Crippen LogP contribution in [0.5, 0.6) is 0 Å². The monoisotopic (exact) mass is 343 g/mol. The standard InChI is InChI=1S/C20H29N3O2/c1-2-17(24)15-22-10-12-23(13-11-22)20(25)9-5-6-16-14-21-19-8-4-3-7-18(16)19/h3-4,7-8,14,17,21,24H,2,5-6,9-13,15H2,1H3. The highest BCUT2D eigenvalue weighted by molar-refractivity contribution is 5.83. The number of benzene rings is 1. The highest BCUT2D eigenvalue weighted by Crippen LogP contribution is 2.19. The number of aliphatic hydroxyl groups excluding tert-OH is 1. The van der Waals surface area contributed by atoms with Gasteiger partial charge in [-0.1, -0.05) is 25.1 Å². The summed E-state index contributed by atoms with van der Waals surface area (Å²) in [5, 5.41) is 11.0. The Labute approximate surface area is 149 Å². The predicted molar refractivity (Wildman–Crippen MR) is 101 cm³/mol. The first-order valence-electron chi connectivity index (χ1n) is 9.40. The summed E-state index contributed by atoms with van der Waals surface area (Å²) < 4.78 is 0. The van der Waals surface area contributed by atoms with Crippen LogP contribution in [0.15, 0.2) is 30.5 Å². The fourth-order valence-electron chi connectivity index (χ4n) is 3.53. The molecule has 0 spiro atoms. The highest BCUT2D eigenvalue weighted by Gasteiger charge is 2.21. The first-order chi connectivity index (χ1) is 12.2. The number of carbonyl (C=O) groups is 1.